The minimum Gasteiger partial charge on any atom is -0.461 e. The average molecular weight is 422 g/mol. The molecule has 0 aliphatic rings. The van der Waals surface area contributed by atoms with Gasteiger partial charge in [0.05, 0.1) is 17.7 Å². The first-order valence-electron chi connectivity index (χ1n) is 8.22. The molecule has 0 fully saturated rings. The Bertz CT molecular complexity index is 1110. The van der Waals surface area contributed by atoms with Crippen molar-refractivity contribution in [3.8, 4) is 5.69 Å². The molecule has 0 bridgehead atoms. The number of benzene rings is 1. The predicted octanol–water partition coefficient (Wildman–Crippen LogP) is 2.86. The van der Waals surface area contributed by atoms with Gasteiger partial charge in [0.15, 0.2) is 5.69 Å². The van der Waals surface area contributed by atoms with Crippen LogP contribution in [0.1, 0.15) is 17.4 Å². The maximum absolute atomic E-state index is 13.1. The molecule has 0 aliphatic heterocycles. The van der Waals surface area contributed by atoms with Crippen LogP contribution >= 0.6 is 22.9 Å². The molecule has 1 N–H and O–H groups in total. The molecule has 2 heterocycles. The maximum Gasteiger partial charge on any atom is 0.359 e. The van der Waals surface area contributed by atoms with Gasteiger partial charge in [-0.25, -0.2) is 4.79 Å². The third-order valence-corrected chi connectivity index (χ3v) is 4.83. The first-order chi connectivity index (χ1) is 13.5. The standard InChI is InChI=1S/C18H16ClN3O5S/c1-3-27-18(25)15-12-9-28-16(20-13(23)8-26-2)14(12)17(24)22(21-15)11-6-4-5-10(19)7-11/h4-7,9H,3,8H2,1-2H3,(H,20,23). The van der Waals surface area contributed by atoms with E-state index in [1.54, 1.807) is 36.6 Å². The summed E-state index contributed by atoms with van der Waals surface area (Å²) in [7, 11) is 1.39. The molecular formula is C18H16ClN3O5S. The second-order valence-electron chi connectivity index (χ2n) is 5.60. The molecule has 1 amide bonds. The van der Waals surface area contributed by atoms with Crippen LogP contribution in [-0.2, 0) is 14.3 Å². The average Bonchev–Trinajstić information content (AvgIpc) is 3.06. The van der Waals surface area contributed by atoms with Crippen LogP contribution in [0.5, 0.6) is 0 Å². The number of nitrogens with zero attached hydrogens (tertiary/aromatic N) is 2. The topological polar surface area (TPSA) is 99.5 Å². The number of nitrogens with one attached hydrogen (secondary N) is 1. The summed E-state index contributed by atoms with van der Waals surface area (Å²) in [6.07, 6.45) is 0. The van der Waals surface area contributed by atoms with E-state index in [2.05, 4.69) is 10.4 Å². The summed E-state index contributed by atoms with van der Waals surface area (Å²) >= 11 is 7.14. The SMILES string of the molecule is CCOC(=O)c1nn(-c2cccc(Cl)c2)c(=O)c2c(NC(=O)COC)scc12. The smallest absolute Gasteiger partial charge is 0.359 e. The lowest BCUT2D eigenvalue weighted by molar-refractivity contribution is -0.119. The molecule has 0 aliphatic carbocycles. The number of fused-ring (bicyclic) bond motifs is 1. The van der Waals surface area contributed by atoms with E-state index in [9.17, 15) is 14.4 Å². The number of hydrogen-bond donors (Lipinski definition) is 1. The summed E-state index contributed by atoms with van der Waals surface area (Å²) in [6.45, 7) is 1.66. The van der Waals surface area contributed by atoms with E-state index in [0.29, 0.717) is 21.1 Å². The van der Waals surface area contributed by atoms with Gasteiger partial charge in [0.1, 0.15) is 11.6 Å². The fourth-order valence-corrected chi connectivity index (χ4v) is 3.71. The van der Waals surface area contributed by atoms with E-state index in [1.807, 2.05) is 0 Å². The Morgan fingerprint density at radius 1 is 1.36 bits per heavy atom. The van der Waals surface area contributed by atoms with Gasteiger partial charge in [-0.3, -0.25) is 9.59 Å². The van der Waals surface area contributed by atoms with Crippen molar-refractivity contribution in [1.29, 1.82) is 0 Å². The second kappa shape index (κ2) is 8.51. The van der Waals surface area contributed by atoms with Gasteiger partial charge < -0.3 is 14.8 Å². The van der Waals surface area contributed by atoms with Crippen molar-refractivity contribution in [2.24, 2.45) is 0 Å². The summed E-state index contributed by atoms with van der Waals surface area (Å²) in [4.78, 5) is 37.5. The molecule has 10 heteroatoms. The molecule has 1 aromatic carbocycles. The summed E-state index contributed by atoms with van der Waals surface area (Å²) in [5.74, 6) is -1.09. The van der Waals surface area contributed by atoms with E-state index >= 15 is 0 Å². The van der Waals surface area contributed by atoms with Crippen LogP contribution in [0.15, 0.2) is 34.4 Å². The zero-order valence-electron chi connectivity index (χ0n) is 15.0. The highest BCUT2D eigenvalue weighted by Crippen LogP contribution is 2.30. The Hall–Kier alpha value is -2.75. The molecule has 0 saturated heterocycles. The fraction of sp³-hybridized carbons (Fsp3) is 0.222. The quantitative estimate of drug-likeness (QED) is 0.614. The number of methoxy groups -OCH3 is 1. The zero-order valence-corrected chi connectivity index (χ0v) is 16.6. The highest BCUT2D eigenvalue weighted by atomic mass is 35.5. The lowest BCUT2D eigenvalue weighted by Crippen LogP contribution is -2.26. The third kappa shape index (κ3) is 3.91. The van der Waals surface area contributed by atoms with Crippen LogP contribution in [0.25, 0.3) is 16.5 Å². The Kier molecular flexibility index (Phi) is 6.08. The Labute approximate surface area is 168 Å². The molecule has 0 unspecified atom stereocenters. The van der Waals surface area contributed by atoms with Crippen LogP contribution in [-0.4, -0.2) is 42.0 Å². The number of amides is 1. The number of aromatic nitrogens is 2. The molecule has 0 spiro atoms. The van der Waals surface area contributed by atoms with Crippen LogP contribution in [0.3, 0.4) is 0 Å². The lowest BCUT2D eigenvalue weighted by atomic mass is 10.2. The zero-order chi connectivity index (χ0) is 20.3. The third-order valence-electron chi connectivity index (χ3n) is 3.70. The first kappa shape index (κ1) is 20.0. The van der Waals surface area contributed by atoms with Crippen LogP contribution in [0.4, 0.5) is 5.00 Å². The molecular weight excluding hydrogens is 406 g/mol. The number of hydrogen-bond acceptors (Lipinski definition) is 7. The number of anilines is 1. The van der Waals surface area contributed by atoms with Crippen molar-refractivity contribution in [3.63, 3.8) is 0 Å². The summed E-state index contributed by atoms with van der Waals surface area (Å²) in [5.41, 5.74) is -0.149. The van der Waals surface area contributed by atoms with Gasteiger partial charge in [-0.15, -0.1) is 11.3 Å². The highest BCUT2D eigenvalue weighted by Gasteiger charge is 2.23. The molecule has 0 radical (unpaired) electrons. The van der Waals surface area contributed by atoms with E-state index < -0.39 is 17.4 Å². The number of halogens is 1. The molecule has 8 nitrogen and oxygen atoms in total. The van der Waals surface area contributed by atoms with E-state index in [1.165, 1.54) is 7.11 Å². The minimum atomic E-state index is -0.671. The molecule has 2 aromatic heterocycles. The van der Waals surface area contributed by atoms with Crippen LogP contribution < -0.4 is 10.9 Å². The van der Waals surface area contributed by atoms with Gasteiger partial charge >= 0.3 is 5.97 Å². The van der Waals surface area contributed by atoms with Gasteiger partial charge in [0.25, 0.3) is 11.5 Å². The van der Waals surface area contributed by atoms with Crippen molar-refractivity contribution < 1.29 is 19.1 Å². The number of rotatable bonds is 6. The molecule has 0 atom stereocenters. The van der Waals surface area contributed by atoms with Crippen molar-refractivity contribution in [1.82, 2.24) is 9.78 Å². The van der Waals surface area contributed by atoms with Gasteiger partial charge in [0, 0.05) is 22.9 Å². The van der Waals surface area contributed by atoms with Crippen molar-refractivity contribution in [2.75, 3.05) is 25.6 Å². The van der Waals surface area contributed by atoms with Gasteiger partial charge in [-0.2, -0.15) is 9.78 Å². The summed E-state index contributed by atoms with van der Waals surface area (Å²) < 4.78 is 10.9. The first-order valence-corrected chi connectivity index (χ1v) is 9.48. The van der Waals surface area contributed by atoms with Gasteiger partial charge in [0.2, 0.25) is 0 Å². The minimum absolute atomic E-state index is 0.0279. The number of carbonyl (C=O) groups excluding carboxylic acids is 2. The van der Waals surface area contributed by atoms with Crippen LogP contribution in [0, 0.1) is 0 Å². The van der Waals surface area contributed by atoms with Crippen molar-refractivity contribution in [2.45, 2.75) is 6.92 Å². The number of ether oxygens (including phenoxy) is 2. The van der Waals surface area contributed by atoms with E-state index in [4.69, 9.17) is 21.1 Å². The maximum atomic E-state index is 13.1. The van der Waals surface area contributed by atoms with Gasteiger partial charge in [-0.05, 0) is 25.1 Å². The summed E-state index contributed by atoms with van der Waals surface area (Å²) in [5, 5.41) is 9.58. The largest absolute Gasteiger partial charge is 0.461 e. The normalized spacial score (nSPS) is 10.8. The number of carbonyl (C=O) groups is 2. The van der Waals surface area contributed by atoms with Crippen molar-refractivity contribution in [3.05, 3.63) is 50.7 Å². The molecule has 3 rings (SSSR count). The lowest BCUT2D eigenvalue weighted by Gasteiger charge is -2.10. The fourth-order valence-electron chi connectivity index (χ4n) is 2.57. The van der Waals surface area contributed by atoms with E-state index in [0.717, 1.165) is 16.0 Å². The molecule has 3 aromatic rings. The molecule has 28 heavy (non-hydrogen) atoms. The second-order valence-corrected chi connectivity index (χ2v) is 6.92. The molecule has 0 saturated carbocycles. The monoisotopic (exact) mass is 421 g/mol. The highest BCUT2D eigenvalue weighted by molar-refractivity contribution is 7.16. The van der Waals surface area contributed by atoms with E-state index in [-0.39, 0.29) is 24.3 Å². The van der Waals surface area contributed by atoms with Crippen molar-refractivity contribution >= 4 is 50.6 Å². The van der Waals surface area contributed by atoms with Gasteiger partial charge in [-0.1, -0.05) is 17.7 Å². The number of esters is 1. The van der Waals surface area contributed by atoms with Crippen LogP contribution in [0.2, 0.25) is 5.02 Å². The predicted molar refractivity (Wildman–Crippen MR) is 107 cm³/mol. The Morgan fingerprint density at radius 3 is 2.82 bits per heavy atom. The number of thiophene rings is 1. The summed E-state index contributed by atoms with van der Waals surface area (Å²) in [6, 6.07) is 6.50. The Morgan fingerprint density at radius 2 is 2.14 bits per heavy atom. The molecule has 146 valence electrons. The Balaban J connectivity index is 2.26.